The first-order valence-electron chi connectivity index (χ1n) is 11.6. The van der Waals surface area contributed by atoms with Crippen LogP contribution in [0.2, 0.25) is 0 Å². The molecular weight excluding hydrogens is 446 g/mol. The van der Waals surface area contributed by atoms with Crippen LogP contribution in [0, 0.1) is 0 Å². The number of carbonyl (C=O) groups is 2. The summed E-state index contributed by atoms with van der Waals surface area (Å²) in [5, 5.41) is 4.97. The predicted octanol–water partition coefficient (Wildman–Crippen LogP) is 2.94. The van der Waals surface area contributed by atoms with Gasteiger partial charge in [0.05, 0.1) is 27.9 Å². The molecule has 0 radical (unpaired) electrons. The number of hydrogen-bond donors (Lipinski definition) is 1. The molecule has 35 heavy (non-hydrogen) atoms. The van der Waals surface area contributed by atoms with Crippen molar-refractivity contribution in [3.05, 3.63) is 65.7 Å². The lowest BCUT2D eigenvalue weighted by Crippen LogP contribution is -2.51. The average molecular weight is 478 g/mol. The molecule has 0 bridgehead atoms. The molecular formula is C27H31N3O5. The number of piperazine rings is 1. The third-order valence-electron chi connectivity index (χ3n) is 6.31. The number of fused-ring (bicyclic) bond motifs is 1. The minimum Gasteiger partial charge on any atom is -0.496 e. The molecule has 0 aliphatic carbocycles. The highest BCUT2D eigenvalue weighted by atomic mass is 16.5. The molecule has 1 fully saturated rings. The highest BCUT2D eigenvalue weighted by Gasteiger charge is 2.24. The van der Waals surface area contributed by atoms with E-state index < -0.39 is 0 Å². The van der Waals surface area contributed by atoms with Gasteiger partial charge in [-0.25, -0.2) is 0 Å². The number of hydrogen-bond acceptors (Lipinski definition) is 6. The topological polar surface area (TPSA) is 80.3 Å². The third-order valence-corrected chi connectivity index (χ3v) is 6.31. The Hall–Kier alpha value is -3.78. The molecule has 3 aromatic rings. The maximum absolute atomic E-state index is 13.2. The number of nitrogens with one attached hydrogen (secondary N) is 1. The number of benzene rings is 3. The van der Waals surface area contributed by atoms with Crippen LogP contribution < -0.4 is 19.5 Å². The van der Waals surface area contributed by atoms with Gasteiger partial charge in [0.2, 0.25) is 5.91 Å². The van der Waals surface area contributed by atoms with E-state index in [1.807, 2.05) is 47.4 Å². The summed E-state index contributed by atoms with van der Waals surface area (Å²) < 4.78 is 16.1. The van der Waals surface area contributed by atoms with E-state index in [-0.39, 0.29) is 18.4 Å². The van der Waals surface area contributed by atoms with E-state index in [1.54, 1.807) is 33.5 Å². The van der Waals surface area contributed by atoms with Gasteiger partial charge >= 0.3 is 0 Å². The first-order valence-corrected chi connectivity index (χ1v) is 11.6. The molecule has 1 aliphatic rings. The van der Waals surface area contributed by atoms with Crippen molar-refractivity contribution in [3.8, 4) is 17.2 Å². The van der Waals surface area contributed by atoms with Gasteiger partial charge in [-0.2, -0.15) is 0 Å². The summed E-state index contributed by atoms with van der Waals surface area (Å²) in [5.41, 5.74) is 1.52. The molecule has 0 spiro atoms. The van der Waals surface area contributed by atoms with Gasteiger partial charge in [0.1, 0.15) is 5.75 Å². The molecule has 4 rings (SSSR count). The summed E-state index contributed by atoms with van der Waals surface area (Å²) in [4.78, 5) is 29.7. The molecule has 184 valence electrons. The third kappa shape index (κ3) is 5.49. The van der Waals surface area contributed by atoms with Crippen LogP contribution in [0.5, 0.6) is 17.2 Å². The fourth-order valence-corrected chi connectivity index (χ4v) is 4.37. The number of methoxy groups -OCH3 is 3. The second-order valence-corrected chi connectivity index (χ2v) is 8.39. The van der Waals surface area contributed by atoms with E-state index in [4.69, 9.17) is 14.2 Å². The predicted molar refractivity (Wildman–Crippen MR) is 134 cm³/mol. The molecule has 1 saturated heterocycles. The fraction of sp³-hybridized carbons (Fsp3) is 0.333. The van der Waals surface area contributed by atoms with Crippen LogP contribution in [0.15, 0.2) is 54.6 Å². The van der Waals surface area contributed by atoms with Crippen LogP contribution in [-0.4, -0.2) is 75.7 Å². The first kappa shape index (κ1) is 24.3. The van der Waals surface area contributed by atoms with Crippen molar-refractivity contribution in [2.75, 3.05) is 54.1 Å². The minimum atomic E-state index is -0.0873. The maximum atomic E-state index is 13.2. The molecule has 1 heterocycles. The minimum absolute atomic E-state index is 0.0337. The summed E-state index contributed by atoms with van der Waals surface area (Å²) in [6, 6.07) is 17.3. The summed E-state index contributed by atoms with van der Waals surface area (Å²) in [6.07, 6.45) is 0. The zero-order valence-electron chi connectivity index (χ0n) is 20.4. The van der Waals surface area contributed by atoms with Gasteiger partial charge in [0, 0.05) is 49.9 Å². The van der Waals surface area contributed by atoms with Crippen molar-refractivity contribution in [3.63, 3.8) is 0 Å². The van der Waals surface area contributed by atoms with Crippen LogP contribution in [-0.2, 0) is 11.3 Å². The summed E-state index contributed by atoms with van der Waals surface area (Å²) in [5.74, 6) is 1.70. The molecule has 0 aromatic heterocycles. The number of rotatable bonds is 8. The fourth-order valence-electron chi connectivity index (χ4n) is 4.37. The van der Waals surface area contributed by atoms with E-state index in [2.05, 4.69) is 10.2 Å². The Labute approximate surface area is 205 Å². The Balaban J connectivity index is 1.31. The van der Waals surface area contributed by atoms with Crippen molar-refractivity contribution < 1.29 is 23.8 Å². The Morgan fingerprint density at radius 3 is 2.20 bits per heavy atom. The van der Waals surface area contributed by atoms with E-state index in [0.29, 0.717) is 50.0 Å². The van der Waals surface area contributed by atoms with E-state index >= 15 is 0 Å². The smallest absolute Gasteiger partial charge is 0.254 e. The monoisotopic (exact) mass is 477 g/mol. The Kier molecular flexibility index (Phi) is 7.72. The van der Waals surface area contributed by atoms with Crippen LogP contribution in [0.1, 0.15) is 15.9 Å². The molecule has 2 amide bonds. The van der Waals surface area contributed by atoms with Crippen LogP contribution >= 0.6 is 0 Å². The average Bonchev–Trinajstić information content (AvgIpc) is 2.91. The zero-order chi connectivity index (χ0) is 24.8. The van der Waals surface area contributed by atoms with Gasteiger partial charge in [-0.1, -0.05) is 36.4 Å². The van der Waals surface area contributed by atoms with Gasteiger partial charge < -0.3 is 24.4 Å². The van der Waals surface area contributed by atoms with Crippen molar-refractivity contribution in [2.24, 2.45) is 0 Å². The number of amides is 2. The van der Waals surface area contributed by atoms with Gasteiger partial charge in [-0.3, -0.25) is 14.5 Å². The Morgan fingerprint density at radius 1 is 0.829 bits per heavy atom. The zero-order valence-corrected chi connectivity index (χ0v) is 20.4. The number of carbonyl (C=O) groups excluding carboxylic acids is 2. The van der Waals surface area contributed by atoms with Crippen LogP contribution in [0.4, 0.5) is 0 Å². The Bertz CT molecular complexity index is 1200. The Morgan fingerprint density at radius 2 is 1.49 bits per heavy atom. The lowest BCUT2D eigenvalue weighted by Gasteiger charge is -2.34. The molecule has 0 saturated carbocycles. The second-order valence-electron chi connectivity index (χ2n) is 8.39. The lowest BCUT2D eigenvalue weighted by molar-refractivity contribution is -0.122. The second kappa shape index (κ2) is 11.1. The molecule has 8 nitrogen and oxygen atoms in total. The van der Waals surface area contributed by atoms with Crippen molar-refractivity contribution >= 4 is 22.6 Å². The van der Waals surface area contributed by atoms with Crippen molar-refractivity contribution in [1.82, 2.24) is 15.1 Å². The standard InChI is InChI=1S/C27H31N3O5/c1-33-23-16-25(35-3)24(34-2)15-20(23)17-28-26(31)18-29-11-13-30(14-12-29)27(32)22-10-6-8-19-7-4-5-9-21(19)22/h4-10,15-16H,11-14,17-18H2,1-3H3,(H,28,31). The summed E-state index contributed by atoms with van der Waals surface area (Å²) >= 11 is 0. The van der Waals surface area contributed by atoms with Gasteiger partial charge in [0.15, 0.2) is 11.5 Å². The highest BCUT2D eigenvalue weighted by Crippen LogP contribution is 2.34. The largest absolute Gasteiger partial charge is 0.496 e. The summed E-state index contributed by atoms with van der Waals surface area (Å²) in [6.45, 7) is 3.03. The van der Waals surface area contributed by atoms with Gasteiger partial charge in [-0.15, -0.1) is 0 Å². The molecule has 1 N–H and O–H groups in total. The SMILES string of the molecule is COc1cc(OC)c(OC)cc1CNC(=O)CN1CCN(C(=O)c2cccc3ccccc23)CC1. The van der Waals surface area contributed by atoms with Crippen molar-refractivity contribution in [2.45, 2.75) is 6.54 Å². The van der Waals surface area contributed by atoms with E-state index in [0.717, 1.165) is 21.9 Å². The van der Waals surface area contributed by atoms with E-state index in [9.17, 15) is 9.59 Å². The van der Waals surface area contributed by atoms with Crippen LogP contribution in [0.25, 0.3) is 10.8 Å². The molecule has 1 aliphatic heterocycles. The van der Waals surface area contributed by atoms with Crippen molar-refractivity contribution in [1.29, 1.82) is 0 Å². The maximum Gasteiger partial charge on any atom is 0.254 e. The van der Waals surface area contributed by atoms with Gasteiger partial charge in [-0.05, 0) is 22.9 Å². The molecule has 0 atom stereocenters. The van der Waals surface area contributed by atoms with Crippen LogP contribution in [0.3, 0.4) is 0 Å². The summed E-state index contributed by atoms with van der Waals surface area (Å²) in [7, 11) is 4.71. The first-order chi connectivity index (χ1) is 17.0. The highest BCUT2D eigenvalue weighted by molar-refractivity contribution is 6.07. The molecule has 3 aromatic carbocycles. The lowest BCUT2D eigenvalue weighted by atomic mass is 10.0. The molecule has 0 unspecified atom stereocenters. The normalized spacial score (nSPS) is 14.0. The quantitative estimate of drug-likeness (QED) is 0.538. The number of ether oxygens (including phenoxy) is 3. The van der Waals surface area contributed by atoms with E-state index in [1.165, 1.54) is 0 Å². The number of nitrogens with zero attached hydrogens (tertiary/aromatic N) is 2. The van der Waals surface area contributed by atoms with Gasteiger partial charge in [0.25, 0.3) is 5.91 Å². The molecule has 8 heteroatoms.